The van der Waals surface area contributed by atoms with Crippen molar-refractivity contribution in [1.82, 2.24) is 4.57 Å². The number of rotatable bonds is 5. The Balaban J connectivity index is 1.24. The number of hydrogen-bond donors (Lipinski definition) is 0. The minimum atomic E-state index is -3.02. The quantitative estimate of drug-likeness (QED) is 0.156. The first-order valence-electron chi connectivity index (χ1n) is 23.5. The molecule has 0 fully saturated rings. The van der Waals surface area contributed by atoms with Crippen LogP contribution in [0.5, 0.6) is 0 Å². The number of anilines is 3. The maximum Gasteiger partial charge on any atom is 0.184 e. The molecule has 0 saturated heterocycles. The summed E-state index contributed by atoms with van der Waals surface area (Å²) in [5.74, 6) is 0. The highest BCUT2D eigenvalue weighted by Crippen LogP contribution is 2.44. The van der Waals surface area contributed by atoms with Gasteiger partial charge in [-0.3, -0.25) is 0 Å². The highest BCUT2D eigenvalue weighted by atomic mass is 28.3. The Labute approximate surface area is 391 Å². The minimum Gasteiger partial charge on any atom is -0.311 e. The Morgan fingerprint density at radius 3 is 1.17 bits per heavy atom. The zero-order valence-corrected chi connectivity index (χ0v) is 40.7. The number of aromatic nitrogens is 1. The molecule has 0 spiro atoms. The van der Waals surface area contributed by atoms with Crippen LogP contribution in [-0.2, 0) is 10.8 Å². The summed E-state index contributed by atoms with van der Waals surface area (Å²) in [5.41, 5.74) is 10.2. The predicted octanol–water partition coefficient (Wildman–Crippen LogP) is 10.2. The van der Waals surface area contributed by atoms with Gasteiger partial charge in [-0.25, -0.2) is 0 Å². The highest BCUT2D eigenvalue weighted by Gasteiger charge is 2.56. The van der Waals surface area contributed by atoms with E-state index in [0.29, 0.717) is 0 Å². The SMILES string of the molecule is CC(C)(C)c1ccc2c(c1)c1cc(C(C)(C)C)ccc1n2-c1ccc2c(c1)N1c3ccccc3[Si](c3ccccc3)(c3ccccc3)c3cccc(c31)[Si]2(c1ccccc1)c1ccccc1. The van der Waals surface area contributed by atoms with Gasteiger partial charge in [0.2, 0.25) is 0 Å². The van der Waals surface area contributed by atoms with Crippen LogP contribution in [0.4, 0.5) is 17.1 Å². The van der Waals surface area contributed by atoms with E-state index in [1.807, 2.05) is 0 Å². The Morgan fingerprint density at radius 2 is 0.727 bits per heavy atom. The summed E-state index contributed by atoms with van der Waals surface area (Å²) in [4.78, 5) is 2.69. The van der Waals surface area contributed by atoms with E-state index in [2.05, 4.69) is 269 Å². The van der Waals surface area contributed by atoms with Crippen molar-refractivity contribution in [1.29, 1.82) is 0 Å². The van der Waals surface area contributed by atoms with Gasteiger partial charge in [-0.2, -0.15) is 0 Å². The van der Waals surface area contributed by atoms with Crippen molar-refractivity contribution in [3.63, 3.8) is 0 Å². The molecule has 320 valence electrons. The summed E-state index contributed by atoms with van der Waals surface area (Å²) in [5, 5.41) is 13.9. The maximum atomic E-state index is 2.69. The molecule has 2 aliphatic rings. The fourth-order valence-corrected chi connectivity index (χ4v) is 22.1. The third-order valence-corrected chi connectivity index (χ3v) is 24.5. The second-order valence-electron chi connectivity index (χ2n) is 20.5. The van der Waals surface area contributed by atoms with Crippen LogP contribution >= 0.6 is 0 Å². The molecule has 0 radical (unpaired) electrons. The lowest BCUT2D eigenvalue weighted by Crippen LogP contribution is -2.82. The molecule has 0 atom stereocenters. The van der Waals surface area contributed by atoms with Crippen molar-refractivity contribution in [3.05, 3.63) is 230 Å². The van der Waals surface area contributed by atoms with Gasteiger partial charge in [0.15, 0.2) is 16.1 Å². The smallest absolute Gasteiger partial charge is 0.184 e. The van der Waals surface area contributed by atoms with E-state index in [1.54, 1.807) is 0 Å². The first-order chi connectivity index (χ1) is 32.0. The van der Waals surface area contributed by atoms with Gasteiger partial charge in [-0.05, 0) is 106 Å². The number of hydrogen-bond acceptors (Lipinski definition) is 1. The fourth-order valence-electron chi connectivity index (χ4n) is 11.8. The summed E-state index contributed by atoms with van der Waals surface area (Å²) in [7, 11) is -5.94. The van der Waals surface area contributed by atoms with Gasteiger partial charge in [0.25, 0.3) is 0 Å². The summed E-state index contributed by atoms with van der Waals surface area (Å²) < 4.78 is 2.54. The largest absolute Gasteiger partial charge is 0.311 e. The van der Waals surface area contributed by atoms with Crippen LogP contribution < -0.4 is 46.4 Å². The van der Waals surface area contributed by atoms with Crippen molar-refractivity contribution in [2.24, 2.45) is 0 Å². The van der Waals surface area contributed by atoms with E-state index in [4.69, 9.17) is 0 Å². The van der Waals surface area contributed by atoms with Crippen LogP contribution in [0.2, 0.25) is 0 Å². The van der Waals surface area contributed by atoms with E-state index in [9.17, 15) is 0 Å². The summed E-state index contributed by atoms with van der Waals surface area (Å²) in [6.45, 7) is 13.9. The minimum absolute atomic E-state index is 0.0176. The molecule has 0 bridgehead atoms. The van der Waals surface area contributed by atoms with Gasteiger partial charge in [0, 0.05) is 33.5 Å². The van der Waals surface area contributed by atoms with Crippen molar-refractivity contribution in [2.75, 3.05) is 4.90 Å². The maximum absolute atomic E-state index is 3.02. The lowest BCUT2D eigenvalue weighted by Gasteiger charge is -2.52. The van der Waals surface area contributed by atoms with Crippen LogP contribution in [0.15, 0.2) is 218 Å². The van der Waals surface area contributed by atoms with Crippen LogP contribution in [0, 0.1) is 0 Å². The molecular weight excluding hydrogens is 829 g/mol. The molecule has 3 heterocycles. The van der Waals surface area contributed by atoms with E-state index in [-0.39, 0.29) is 10.8 Å². The molecule has 4 heteroatoms. The van der Waals surface area contributed by atoms with Gasteiger partial charge < -0.3 is 9.47 Å². The van der Waals surface area contributed by atoms with Gasteiger partial charge in [-0.15, -0.1) is 0 Å². The topological polar surface area (TPSA) is 8.17 Å². The molecule has 2 aliphatic heterocycles. The van der Waals surface area contributed by atoms with E-state index in [1.165, 1.54) is 97.2 Å². The van der Waals surface area contributed by atoms with Crippen molar-refractivity contribution in [3.8, 4) is 5.69 Å². The summed E-state index contributed by atoms with van der Waals surface area (Å²) >= 11 is 0. The van der Waals surface area contributed by atoms with Crippen LogP contribution in [0.25, 0.3) is 27.5 Å². The number of benzene rings is 9. The molecular formula is C62H54N2Si2. The Bertz CT molecular complexity index is 3320. The van der Waals surface area contributed by atoms with Crippen LogP contribution in [0.3, 0.4) is 0 Å². The summed E-state index contributed by atoms with van der Waals surface area (Å²) in [6.07, 6.45) is 0. The van der Waals surface area contributed by atoms with E-state index < -0.39 is 16.1 Å². The molecule has 0 aliphatic carbocycles. The van der Waals surface area contributed by atoms with Crippen molar-refractivity contribution in [2.45, 2.75) is 52.4 Å². The molecule has 0 N–H and O–H groups in total. The van der Waals surface area contributed by atoms with Gasteiger partial charge in [0.1, 0.15) is 0 Å². The Hall–Kier alpha value is -6.99. The molecule has 12 rings (SSSR count). The second kappa shape index (κ2) is 14.8. The molecule has 0 unspecified atom stereocenters. The third kappa shape index (κ3) is 5.71. The Kier molecular flexibility index (Phi) is 9.06. The monoisotopic (exact) mass is 882 g/mol. The average molecular weight is 883 g/mol. The standard InChI is InChI=1S/C62H54N2Si2/c1-61(2,3)43-34-37-52-50(40-43)51-41-44(62(4,5)6)35-38-53(51)63(52)45-36-39-57-55(42-45)64-54-30-19-20-31-56(54)65(46-22-11-7-12-23-46,47-24-13-8-14-25-47)58-32-21-33-59(60(58)64)66(57,48-26-15-9-16-27-48)49-28-17-10-18-29-49/h7-42H,1-6H3. The molecule has 0 amide bonds. The Morgan fingerprint density at radius 1 is 0.333 bits per heavy atom. The molecule has 0 saturated carbocycles. The summed E-state index contributed by atoms with van der Waals surface area (Å²) in [6, 6.07) is 84.5. The van der Waals surface area contributed by atoms with Crippen molar-refractivity contribution >= 4 is 96.5 Å². The van der Waals surface area contributed by atoms with Crippen LogP contribution in [-0.4, -0.2) is 20.7 Å². The number of nitrogens with zero attached hydrogens (tertiary/aromatic N) is 2. The zero-order chi connectivity index (χ0) is 45.0. The zero-order valence-electron chi connectivity index (χ0n) is 38.7. The van der Waals surface area contributed by atoms with E-state index >= 15 is 0 Å². The van der Waals surface area contributed by atoms with Gasteiger partial charge >= 0.3 is 0 Å². The highest BCUT2D eigenvalue weighted by molar-refractivity contribution is 7.24. The molecule has 10 aromatic rings. The van der Waals surface area contributed by atoms with Crippen LogP contribution in [0.1, 0.15) is 52.7 Å². The lowest BCUT2D eigenvalue weighted by molar-refractivity contribution is 0.590. The molecule has 9 aromatic carbocycles. The first-order valence-corrected chi connectivity index (χ1v) is 27.5. The molecule has 2 nitrogen and oxygen atoms in total. The van der Waals surface area contributed by atoms with Crippen molar-refractivity contribution < 1.29 is 0 Å². The third-order valence-electron chi connectivity index (χ3n) is 14.8. The first kappa shape index (κ1) is 40.5. The van der Waals surface area contributed by atoms with Gasteiger partial charge in [0.05, 0.1) is 11.0 Å². The van der Waals surface area contributed by atoms with Gasteiger partial charge in [-0.1, -0.05) is 217 Å². The normalized spacial score (nSPS) is 14.7. The number of para-hydroxylation sites is 2. The lowest BCUT2D eigenvalue weighted by atomic mass is 9.85. The average Bonchev–Trinajstić information content (AvgIpc) is 3.68. The predicted molar refractivity (Wildman–Crippen MR) is 287 cm³/mol. The number of fused-ring (bicyclic) bond motifs is 7. The fraction of sp³-hybridized carbons (Fsp3) is 0.129. The molecule has 1 aromatic heterocycles. The van der Waals surface area contributed by atoms with E-state index in [0.717, 1.165) is 0 Å². The molecule has 66 heavy (non-hydrogen) atoms. The second-order valence-corrected chi connectivity index (χ2v) is 28.0.